The maximum absolute atomic E-state index is 12.6. The fraction of sp³-hybridized carbons (Fsp3) is 0.385. The molecule has 0 aliphatic rings. The number of hydrogen-bond donors (Lipinski definition) is 0. The molecule has 2 aromatic heterocycles. The Morgan fingerprint density at radius 3 is 2.37 bits per heavy atom. The van der Waals surface area contributed by atoms with E-state index in [1.54, 1.807) is 0 Å². The summed E-state index contributed by atoms with van der Waals surface area (Å²) in [6.07, 6.45) is -5.37. The van der Waals surface area contributed by atoms with E-state index in [-0.39, 0.29) is 16.3 Å². The molecule has 150 valence electrons. The van der Waals surface area contributed by atoms with Gasteiger partial charge < -0.3 is 8.92 Å². The zero-order chi connectivity index (χ0) is 20.6. The third-order valence-corrected chi connectivity index (χ3v) is 4.91. The molecule has 6 nitrogen and oxygen atoms in total. The molecular weight excluding hydrogens is 428 g/mol. The summed E-state index contributed by atoms with van der Waals surface area (Å²) >= 11 is 0.466. The Morgan fingerprint density at radius 1 is 1.22 bits per heavy atom. The van der Waals surface area contributed by atoms with E-state index in [2.05, 4.69) is 13.9 Å². The zero-order valence-corrected chi connectivity index (χ0v) is 14.8. The first kappa shape index (κ1) is 21.2. The van der Waals surface area contributed by atoms with Crippen molar-refractivity contribution in [2.45, 2.75) is 25.0 Å². The summed E-state index contributed by atoms with van der Waals surface area (Å²) in [6, 6.07) is 0.768. The molecule has 2 rings (SSSR count). The number of pyridine rings is 1. The van der Waals surface area contributed by atoms with Gasteiger partial charge in [0.15, 0.2) is 5.75 Å². The number of ether oxygens (including phenoxy) is 1. The van der Waals surface area contributed by atoms with Gasteiger partial charge in [0.05, 0.1) is 18.4 Å². The van der Waals surface area contributed by atoms with Crippen molar-refractivity contribution in [1.82, 2.24) is 4.98 Å². The number of rotatable bonds is 5. The van der Waals surface area contributed by atoms with Crippen LogP contribution < -0.4 is 4.18 Å². The van der Waals surface area contributed by atoms with Gasteiger partial charge in [0.1, 0.15) is 10.4 Å². The van der Waals surface area contributed by atoms with Gasteiger partial charge in [-0.1, -0.05) is 0 Å². The van der Waals surface area contributed by atoms with E-state index in [4.69, 9.17) is 0 Å². The lowest BCUT2D eigenvalue weighted by Gasteiger charge is -2.13. The first-order valence-electron chi connectivity index (χ1n) is 6.91. The van der Waals surface area contributed by atoms with Gasteiger partial charge >= 0.3 is 27.8 Å². The largest absolute Gasteiger partial charge is 0.534 e. The lowest BCUT2D eigenvalue weighted by molar-refractivity contribution is -0.126. The Balaban J connectivity index is 2.66. The van der Waals surface area contributed by atoms with E-state index in [9.17, 15) is 39.6 Å². The van der Waals surface area contributed by atoms with Crippen molar-refractivity contribution in [3.63, 3.8) is 0 Å². The molecule has 0 radical (unpaired) electrons. The summed E-state index contributed by atoms with van der Waals surface area (Å²) in [7, 11) is -6.19. The Kier molecular flexibility index (Phi) is 5.61. The van der Waals surface area contributed by atoms with E-state index >= 15 is 0 Å². The molecule has 0 spiro atoms. The van der Waals surface area contributed by atoms with E-state index < -0.39 is 50.9 Å². The van der Waals surface area contributed by atoms with Crippen LogP contribution in [0.4, 0.5) is 26.3 Å². The van der Waals surface area contributed by atoms with Crippen LogP contribution in [0.25, 0.3) is 10.2 Å². The molecule has 0 unspecified atom stereocenters. The summed E-state index contributed by atoms with van der Waals surface area (Å²) in [5.41, 5.74) is -6.59. The van der Waals surface area contributed by atoms with Crippen LogP contribution in [-0.2, 0) is 21.3 Å². The first-order chi connectivity index (χ1) is 12.2. The van der Waals surface area contributed by atoms with Gasteiger partial charge in [-0.15, -0.1) is 11.3 Å². The van der Waals surface area contributed by atoms with Gasteiger partial charge in [-0.05, 0) is 13.0 Å². The van der Waals surface area contributed by atoms with Crippen molar-refractivity contribution in [3.05, 3.63) is 22.7 Å². The normalized spacial score (nSPS) is 13.0. The van der Waals surface area contributed by atoms with Gasteiger partial charge in [-0.3, -0.25) is 0 Å². The Morgan fingerprint density at radius 2 is 1.85 bits per heavy atom. The molecule has 0 saturated carbocycles. The van der Waals surface area contributed by atoms with Crippen molar-refractivity contribution in [2.75, 3.05) is 6.61 Å². The summed E-state index contributed by atoms with van der Waals surface area (Å²) in [5, 5.41) is -0.488. The highest BCUT2D eigenvalue weighted by Crippen LogP contribution is 2.39. The molecule has 0 bridgehead atoms. The van der Waals surface area contributed by atoms with Gasteiger partial charge in [-0.25, -0.2) is 9.78 Å². The fourth-order valence-corrected chi connectivity index (χ4v) is 3.42. The number of thiophene rings is 1. The van der Waals surface area contributed by atoms with Gasteiger partial charge in [0, 0.05) is 11.1 Å². The van der Waals surface area contributed by atoms with Crippen LogP contribution in [0.15, 0.2) is 12.3 Å². The van der Waals surface area contributed by atoms with Crippen LogP contribution >= 0.6 is 11.3 Å². The van der Waals surface area contributed by atoms with Crippen LogP contribution in [0.5, 0.6) is 5.75 Å². The molecule has 27 heavy (non-hydrogen) atoms. The van der Waals surface area contributed by atoms with Crippen molar-refractivity contribution in [3.8, 4) is 5.75 Å². The monoisotopic (exact) mass is 437 g/mol. The summed E-state index contributed by atoms with van der Waals surface area (Å²) in [6.45, 7) is 1.17. The third kappa shape index (κ3) is 4.80. The predicted molar refractivity (Wildman–Crippen MR) is 80.9 cm³/mol. The molecule has 0 aliphatic heterocycles. The van der Waals surface area contributed by atoms with Crippen LogP contribution in [0.1, 0.15) is 22.2 Å². The van der Waals surface area contributed by atoms with Crippen LogP contribution in [0.2, 0.25) is 0 Å². The highest BCUT2D eigenvalue weighted by Gasteiger charge is 2.49. The minimum atomic E-state index is -6.19. The minimum Gasteiger partial charge on any atom is -0.462 e. The molecule has 0 amide bonds. The van der Waals surface area contributed by atoms with Crippen molar-refractivity contribution in [1.29, 1.82) is 0 Å². The summed E-state index contributed by atoms with van der Waals surface area (Å²) in [4.78, 5) is 15.0. The number of halogens is 6. The summed E-state index contributed by atoms with van der Waals surface area (Å²) in [5.74, 6) is -2.34. The number of nitrogens with zero attached hydrogens (tertiary/aromatic N) is 1. The number of carbonyl (C=O) groups is 1. The Labute approximate surface area is 151 Å². The SMILES string of the molecule is CCOC(=O)c1cnc2sc(CC(F)(F)F)cc2c1OS(=O)(=O)C(F)(F)F. The molecule has 2 aromatic rings. The van der Waals surface area contributed by atoms with Crippen molar-refractivity contribution >= 4 is 37.6 Å². The predicted octanol–water partition coefficient (Wildman–Crippen LogP) is 3.81. The maximum Gasteiger partial charge on any atom is 0.534 e. The molecular formula is C13H9F6NO5S2. The van der Waals surface area contributed by atoms with Crippen molar-refractivity contribution in [2.24, 2.45) is 0 Å². The second-order valence-corrected chi connectivity index (χ2v) is 7.58. The topological polar surface area (TPSA) is 82.6 Å². The standard InChI is InChI=1S/C13H9F6NO5S2/c1-2-24-11(21)8-5-20-10-7(3-6(26-10)4-12(14,15)16)9(8)25-27(22,23)13(17,18)19/h3,5H,2,4H2,1H3. The number of alkyl halides is 6. The number of aromatic nitrogens is 1. The molecule has 2 heterocycles. The number of hydrogen-bond acceptors (Lipinski definition) is 7. The Bertz CT molecular complexity index is 964. The van der Waals surface area contributed by atoms with Crippen LogP contribution in [-0.4, -0.2) is 37.7 Å². The second kappa shape index (κ2) is 7.14. The van der Waals surface area contributed by atoms with Crippen LogP contribution in [0.3, 0.4) is 0 Å². The van der Waals surface area contributed by atoms with E-state index in [0.29, 0.717) is 17.5 Å². The van der Waals surface area contributed by atoms with Gasteiger partial charge in [0.25, 0.3) is 0 Å². The quantitative estimate of drug-likeness (QED) is 0.306. The van der Waals surface area contributed by atoms with Crippen LogP contribution in [0, 0.1) is 0 Å². The maximum atomic E-state index is 12.6. The molecule has 0 N–H and O–H groups in total. The lowest BCUT2D eigenvalue weighted by atomic mass is 10.2. The molecule has 14 heteroatoms. The molecule has 0 aromatic carbocycles. The average Bonchev–Trinajstić information content (AvgIpc) is 2.86. The third-order valence-electron chi connectivity index (χ3n) is 2.91. The molecule has 0 saturated heterocycles. The molecule has 0 fully saturated rings. The average molecular weight is 437 g/mol. The second-order valence-electron chi connectivity index (χ2n) is 4.93. The van der Waals surface area contributed by atoms with E-state index in [1.165, 1.54) is 6.92 Å². The van der Waals surface area contributed by atoms with Gasteiger partial charge in [-0.2, -0.15) is 34.8 Å². The fourth-order valence-electron chi connectivity index (χ4n) is 1.90. The highest BCUT2D eigenvalue weighted by molar-refractivity contribution is 7.88. The number of esters is 1. The Hall–Kier alpha value is -2.09. The highest BCUT2D eigenvalue weighted by atomic mass is 32.2. The van der Waals surface area contributed by atoms with E-state index in [0.717, 1.165) is 6.07 Å². The lowest BCUT2D eigenvalue weighted by Crippen LogP contribution is -2.28. The first-order valence-corrected chi connectivity index (χ1v) is 9.13. The van der Waals surface area contributed by atoms with E-state index in [1.807, 2.05) is 0 Å². The van der Waals surface area contributed by atoms with Crippen molar-refractivity contribution < 1.29 is 48.5 Å². The number of fused-ring (bicyclic) bond motifs is 1. The number of carbonyl (C=O) groups excluding carboxylic acids is 1. The van der Waals surface area contributed by atoms with Gasteiger partial charge in [0.2, 0.25) is 0 Å². The minimum absolute atomic E-state index is 0.203. The molecule has 0 aliphatic carbocycles. The summed E-state index contributed by atoms with van der Waals surface area (Å²) < 4.78 is 107. The zero-order valence-electron chi connectivity index (χ0n) is 13.1. The smallest absolute Gasteiger partial charge is 0.462 e. The molecule has 0 atom stereocenters.